The summed E-state index contributed by atoms with van der Waals surface area (Å²) in [6.45, 7) is 4.67. The van der Waals surface area contributed by atoms with Gasteiger partial charge in [-0.2, -0.15) is 0 Å². The van der Waals surface area contributed by atoms with Crippen molar-refractivity contribution in [3.8, 4) is 0 Å². The van der Waals surface area contributed by atoms with Crippen LogP contribution in [0.25, 0.3) is 0 Å². The maximum atomic E-state index is 11.9. The number of carbonyl (C=O) groups excluding carboxylic acids is 2. The molecule has 0 spiro atoms. The van der Waals surface area contributed by atoms with Crippen LogP contribution in [-0.4, -0.2) is 30.5 Å². The number of nitrogens with zero attached hydrogens (tertiary/aromatic N) is 1. The van der Waals surface area contributed by atoms with Crippen molar-refractivity contribution in [1.29, 1.82) is 0 Å². The van der Waals surface area contributed by atoms with Crippen LogP contribution >= 0.6 is 11.3 Å². The summed E-state index contributed by atoms with van der Waals surface area (Å²) >= 11 is 1.67. The first-order valence-corrected chi connectivity index (χ1v) is 8.67. The molecule has 1 aromatic carbocycles. The van der Waals surface area contributed by atoms with Gasteiger partial charge in [0.25, 0.3) is 5.91 Å². The second-order valence-electron chi connectivity index (χ2n) is 5.25. The van der Waals surface area contributed by atoms with Crippen molar-refractivity contribution >= 4 is 29.0 Å². The number of thiazole rings is 1. The molecule has 0 unspecified atom stereocenters. The number of urea groups is 1. The van der Waals surface area contributed by atoms with Gasteiger partial charge in [0.15, 0.2) is 0 Å². The molecule has 2 aromatic rings. The fraction of sp³-hybridized carbons (Fsp3) is 0.353. The molecule has 0 bridgehead atoms. The number of rotatable bonds is 6. The molecule has 2 rings (SSSR count). The van der Waals surface area contributed by atoms with E-state index in [0.717, 1.165) is 17.1 Å². The highest BCUT2D eigenvalue weighted by Gasteiger charge is 2.08. The molecule has 0 aliphatic carbocycles. The average Bonchev–Trinajstić information content (AvgIpc) is 2.94. The Morgan fingerprint density at radius 1 is 1.29 bits per heavy atom. The maximum absolute atomic E-state index is 11.9. The summed E-state index contributed by atoms with van der Waals surface area (Å²) in [5, 5.41) is 9.12. The Hall–Kier alpha value is -2.41. The van der Waals surface area contributed by atoms with Crippen molar-refractivity contribution < 1.29 is 9.59 Å². The quantitative estimate of drug-likeness (QED) is 0.752. The van der Waals surface area contributed by atoms with Crippen LogP contribution in [0.1, 0.15) is 32.9 Å². The van der Waals surface area contributed by atoms with E-state index in [1.165, 1.54) is 4.88 Å². The minimum atomic E-state index is -0.298. The van der Waals surface area contributed by atoms with Gasteiger partial charge in [-0.3, -0.25) is 4.79 Å². The van der Waals surface area contributed by atoms with Crippen LogP contribution in [0.4, 0.5) is 10.5 Å². The molecule has 24 heavy (non-hydrogen) atoms. The summed E-state index contributed by atoms with van der Waals surface area (Å²) in [6, 6.07) is 6.50. The smallest absolute Gasteiger partial charge is 0.319 e. The van der Waals surface area contributed by atoms with Gasteiger partial charge >= 0.3 is 6.03 Å². The van der Waals surface area contributed by atoms with Crippen LogP contribution in [-0.2, 0) is 12.8 Å². The molecule has 7 heteroatoms. The lowest BCUT2D eigenvalue weighted by Gasteiger charge is -2.08. The average molecular weight is 346 g/mol. The number of amides is 3. The van der Waals surface area contributed by atoms with Crippen LogP contribution in [0.5, 0.6) is 0 Å². The van der Waals surface area contributed by atoms with Crippen molar-refractivity contribution in [2.75, 3.05) is 18.9 Å². The Balaban J connectivity index is 1.84. The van der Waals surface area contributed by atoms with Crippen molar-refractivity contribution in [3.63, 3.8) is 0 Å². The molecule has 0 atom stereocenters. The van der Waals surface area contributed by atoms with Crippen molar-refractivity contribution in [3.05, 3.63) is 45.4 Å². The zero-order chi connectivity index (χ0) is 17.5. The van der Waals surface area contributed by atoms with E-state index in [-0.39, 0.29) is 11.9 Å². The van der Waals surface area contributed by atoms with Gasteiger partial charge in [0.05, 0.1) is 10.7 Å². The lowest BCUT2D eigenvalue weighted by molar-refractivity contribution is 0.0963. The molecular formula is C17H22N4O2S. The van der Waals surface area contributed by atoms with E-state index in [9.17, 15) is 9.59 Å². The molecule has 3 N–H and O–H groups in total. The number of benzene rings is 1. The van der Waals surface area contributed by atoms with Crippen LogP contribution in [0.3, 0.4) is 0 Å². The number of anilines is 1. The van der Waals surface area contributed by atoms with Gasteiger partial charge in [-0.05, 0) is 31.5 Å². The fourth-order valence-electron chi connectivity index (χ4n) is 2.26. The summed E-state index contributed by atoms with van der Waals surface area (Å²) in [6.07, 6.45) is 1.63. The predicted octanol–water partition coefficient (Wildman–Crippen LogP) is 2.74. The molecule has 0 saturated heterocycles. The van der Waals surface area contributed by atoms with Gasteiger partial charge in [-0.25, -0.2) is 9.78 Å². The minimum absolute atomic E-state index is 0.190. The topological polar surface area (TPSA) is 83.1 Å². The largest absolute Gasteiger partial charge is 0.355 e. The Kier molecular flexibility index (Phi) is 6.31. The maximum Gasteiger partial charge on any atom is 0.319 e. The van der Waals surface area contributed by atoms with E-state index in [0.29, 0.717) is 24.2 Å². The van der Waals surface area contributed by atoms with Crippen LogP contribution < -0.4 is 16.0 Å². The summed E-state index contributed by atoms with van der Waals surface area (Å²) in [7, 11) is 1.57. The first-order valence-electron chi connectivity index (χ1n) is 7.85. The molecule has 0 aliphatic rings. The second kappa shape index (κ2) is 8.44. The van der Waals surface area contributed by atoms with Gasteiger partial charge in [0.1, 0.15) is 0 Å². The highest BCUT2D eigenvalue weighted by Crippen LogP contribution is 2.18. The molecule has 1 heterocycles. The number of carbonyl (C=O) groups is 2. The molecule has 0 fully saturated rings. The second-order valence-corrected chi connectivity index (χ2v) is 6.54. The number of hydrogen-bond donors (Lipinski definition) is 3. The van der Waals surface area contributed by atoms with E-state index >= 15 is 0 Å². The van der Waals surface area contributed by atoms with E-state index in [1.54, 1.807) is 42.6 Å². The number of hydrogen-bond acceptors (Lipinski definition) is 4. The highest BCUT2D eigenvalue weighted by molar-refractivity contribution is 7.11. The van der Waals surface area contributed by atoms with Crippen LogP contribution in [0.15, 0.2) is 24.3 Å². The summed E-state index contributed by atoms with van der Waals surface area (Å²) in [5.74, 6) is -0.190. The zero-order valence-electron chi connectivity index (χ0n) is 14.1. The van der Waals surface area contributed by atoms with Crippen molar-refractivity contribution in [1.82, 2.24) is 15.6 Å². The first-order chi connectivity index (χ1) is 11.5. The molecule has 6 nitrogen and oxygen atoms in total. The molecule has 3 amide bonds. The third-order valence-electron chi connectivity index (χ3n) is 3.51. The van der Waals surface area contributed by atoms with Crippen molar-refractivity contribution in [2.45, 2.75) is 26.7 Å². The Bertz CT molecular complexity index is 727. The Labute approximate surface area is 145 Å². The molecule has 0 radical (unpaired) electrons. The van der Waals surface area contributed by atoms with Gasteiger partial charge < -0.3 is 16.0 Å². The van der Waals surface area contributed by atoms with E-state index < -0.39 is 0 Å². The van der Waals surface area contributed by atoms with Crippen LogP contribution in [0.2, 0.25) is 0 Å². The number of aromatic nitrogens is 1. The van der Waals surface area contributed by atoms with Gasteiger partial charge in [-0.15, -0.1) is 11.3 Å². The molecular weight excluding hydrogens is 324 g/mol. The standard InChI is InChI=1S/C17H22N4O2S/c1-4-14-11(2)24-15(21-14)8-9-19-17(23)20-13-7-5-6-12(10-13)16(22)18-3/h5-7,10H,4,8-9H2,1-3H3,(H,18,22)(H2,19,20,23). The number of aryl methyl sites for hydroxylation is 2. The lowest BCUT2D eigenvalue weighted by Crippen LogP contribution is -2.30. The minimum Gasteiger partial charge on any atom is -0.355 e. The lowest BCUT2D eigenvalue weighted by atomic mass is 10.2. The summed E-state index contributed by atoms with van der Waals surface area (Å²) in [5.41, 5.74) is 2.21. The third-order valence-corrected chi connectivity index (χ3v) is 4.58. The fourth-order valence-corrected chi connectivity index (χ4v) is 3.28. The Morgan fingerprint density at radius 2 is 2.08 bits per heavy atom. The number of nitrogens with one attached hydrogen (secondary N) is 3. The normalized spacial score (nSPS) is 10.3. The zero-order valence-corrected chi connectivity index (χ0v) is 14.9. The first kappa shape index (κ1) is 17.9. The van der Waals surface area contributed by atoms with Crippen LogP contribution in [0, 0.1) is 6.92 Å². The Morgan fingerprint density at radius 3 is 2.75 bits per heavy atom. The third kappa shape index (κ3) is 4.79. The van der Waals surface area contributed by atoms with Gasteiger partial charge in [0, 0.05) is 36.1 Å². The predicted molar refractivity (Wildman–Crippen MR) is 96.8 cm³/mol. The monoisotopic (exact) mass is 346 g/mol. The highest BCUT2D eigenvalue weighted by atomic mass is 32.1. The van der Waals surface area contributed by atoms with Crippen molar-refractivity contribution in [2.24, 2.45) is 0 Å². The van der Waals surface area contributed by atoms with Gasteiger partial charge in [-0.1, -0.05) is 13.0 Å². The van der Waals surface area contributed by atoms with E-state index in [2.05, 4.69) is 34.8 Å². The van der Waals surface area contributed by atoms with E-state index in [1.807, 2.05) is 0 Å². The molecule has 128 valence electrons. The SMILES string of the molecule is CCc1nc(CCNC(=O)Nc2cccc(C(=O)NC)c2)sc1C. The van der Waals surface area contributed by atoms with E-state index in [4.69, 9.17) is 0 Å². The van der Waals surface area contributed by atoms with Gasteiger partial charge in [0.2, 0.25) is 0 Å². The summed E-state index contributed by atoms with van der Waals surface area (Å²) in [4.78, 5) is 29.3. The molecule has 0 aliphatic heterocycles. The molecule has 0 saturated carbocycles. The summed E-state index contributed by atoms with van der Waals surface area (Å²) < 4.78 is 0. The molecule has 1 aromatic heterocycles.